The minimum Gasteiger partial charge on any atom is -0.382 e. The second kappa shape index (κ2) is 6.38. The minimum atomic E-state index is 0.0889. The number of ether oxygens (including phenoxy) is 2. The molecule has 14 heavy (non-hydrogen) atoms. The highest BCUT2D eigenvalue weighted by molar-refractivity contribution is 4.82. The molecule has 1 rings (SSSR count). The number of rotatable bonds is 7. The molecule has 1 unspecified atom stereocenters. The second-order valence-electron chi connectivity index (χ2n) is 4.13. The quantitative estimate of drug-likeness (QED) is 0.634. The van der Waals surface area contributed by atoms with Crippen molar-refractivity contribution in [3.05, 3.63) is 0 Å². The van der Waals surface area contributed by atoms with E-state index in [0.717, 1.165) is 39.3 Å². The van der Waals surface area contributed by atoms with Crippen LogP contribution in [0.1, 0.15) is 33.1 Å². The molecule has 0 bridgehead atoms. The van der Waals surface area contributed by atoms with Crippen LogP contribution in [-0.4, -0.2) is 38.5 Å². The highest BCUT2D eigenvalue weighted by Gasteiger charge is 2.28. The molecule has 3 nitrogen and oxygen atoms in total. The fourth-order valence-electron chi connectivity index (χ4n) is 1.77. The van der Waals surface area contributed by atoms with E-state index < -0.39 is 0 Å². The molecule has 1 atom stereocenters. The van der Waals surface area contributed by atoms with Crippen LogP contribution < -0.4 is 5.32 Å². The van der Waals surface area contributed by atoms with Crippen molar-refractivity contribution in [1.29, 1.82) is 0 Å². The summed E-state index contributed by atoms with van der Waals surface area (Å²) in [5.41, 5.74) is 0.0889. The highest BCUT2D eigenvalue weighted by atomic mass is 16.5. The van der Waals surface area contributed by atoms with E-state index in [2.05, 4.69) is 12.2 Å². The summed E-state index contributed by atoms with van der Waals surface area (Å²) in [6, 6.07) is 0. The Morgan fingerprint density at radius 1 is 1.50 bits per heavy atom. The maximum Gasteiger partial charge on any atom is 0.0779 e. The molecule has 1 aliphatic heterocycles. The molecular weight excluding hydrogens is 178 g/mol. The van der Waals surface area contributed by atoms with Crippen LogP contribution in [0, 0.1) is 0 Å². The van der Waals surface area contributed by atoms with E-state index in [1.54, 1.807) is 0 Å². The van der Waals surface area contributed by atoms with Crippen LogP contribution in [0.15, 0.2) is 0 Å². The zero-order valence-electron chi connectivity index (χ0n) is 9.47. The second-order valence-corrected chi connectivity index (χ2v) is 4.13. The Labute approximate surface area is 87.2 Å². The zero-order valence-corrected chi connectivity index (χ0v) is 9.47. The summed E-state index contributed by atoms with van der Waals surface area (Å²) in [7, 11) is 0. The molecule has 1 fully saturated rings. The zero-order chi connectivity index (χ0) is 10.3. The normalized spacial score (nSPS) is 27.0. The Bertz CT molecular complexity index is 144. The summed E-state index contributed by atoms with van der Waals surface area (Å²) < 4.78 is 10.9. The fourth-order valence-corrected chi connectivity index (χ4v) is 1.77. The molecule has 1 N–H and O–H groups in total. The number of hydrogen-bond donors (Lipinski definition) is 1. The van der Waals surface area contributed by atoms with Crippen molar-refractivity contribution in [2.24, 2.45) is 0 Å². The van der Waals surface area contributed by atoms with Crippen LogP contribution in [-0.2, 0) is 9.47 Å². The fraction of sp³-hybridized carbons (Fsp3) is 1.00. The van der Waals surface area contributed by atoms with Gasteiger partial charge in [-0.05, 0) is 39.7 Å². The first-order valence-electron chi connectivity index (χ1n) is 5.69. The van der Waals surface area contributed by atoms with Gasteiger partial charge in [-0.3, -0.25) is 0 Å². The monoisotopic (exact) mass is 201 g/mol. The third-order valence-corrected chi connectivity index (χ3v) is 2.65. The van der Waals surface area contributed by atoms with Gasteiger partial charge >= 0.3 is 0 Å². The van der Waals surface area contributed by atoms with Gasteiger partial charge < -0.3 is 14.8 Å². The van der Waals surface area contributed by atoms with Gasteiger partial charge in [-0.2, -0.15) is 0 Å². The molecule has 0 amide bonds. The van der Waals surface area contributed by atoms with Crippen LogP contribution in [0.3, 0.4) is 0 Å². The Morgan fingerprint density at radius 2 is 2.36 bits per heavy atom. The molecule has 0 saturated carbocycles. The smallest absolute Gasteiger partial charge is 0.0779 e. The van der Waals surface area contributed by atoms with Gasteiger partial charge in [0.15, 0.2) is 0 Å². The molecule has 0 aromatic carbocycles. The van der Waals surface area contributed by atoms with Gasteiger partial charge in [-0.1, -0.05) is 0 Å². The third kappa shape index (κ3) is 4.40. The summed E-state index contributed by atoms with van der Waals surface area (Å²) in [5, 5.41) is 3.42. The molecule has 84 valence electrons. The van der Waals surface area contributed by atoms with Gasteiger partial charge in [0.2, 0.25) is 0 Å². The Kier molecular flexibility index (Phi) is 5.45. The predicted octanol–water partition coefficient (Wildman–Crippen LogP) is 1.57. The topological polar surface area (TPSA) is 30.5 Å². The third-order valence-electron chi connectivity index (χ3n) is 2.65. The maximum atomic E-state index is 5.67. The molecule has 3 heteroatoms. The SMILES string of the molecule is CCOCCCNCC1(C)CCCO1. The van der Waals surface area contributed by atoms with Crippen molar-refractivity contribution in [1.82, 2.24) is 5.32 Å². The number of nitrogens with one attached hydrogen (secondary N) is 1. The van der Waals surface area contributed by atoms with E-state index in [-0.39, 0.29) is 5.60 Å². The van der Waals surface area contributed by atoms with Crippen molar-refractivity contribution < 1.29 is 9.47 Å². The van der Waals surface area contributed by atoms with E-state index in [1.807, 2.05) is 6.92 Å². The van der Waals surface area contributed by atoms with Crippen LogP contribution in [0.5, 0.6) is 0 Å². The Hall–Kier alpha value is -0.120. The Balaban J connectivity index is 1.92. The van der Waals surface area contributed by atoms with Crippen molar-refractivity contribution in [3.8, 4) is 0 Å². The largest absolute Gasteiger partial charge is 0.382 e. The van der Waals surface area contributed by atoms with Crippen LogP contribution in [0.25, 0.3) is 0 Å². The van der Waals surface area contributed by atoms with E-state index in [1.165, 1.54) is 12.8 Å². The van der Waals surface area contributed by atoms with Gasteiger partial charge in [0.05, 0.1) is 5.60 Å². The molecule has 0 spiro atoms. The first-order chi connectivity index (χ1) is 6.77. The standard InChI is InChI=1S/C11H23NO2/c1-3-13-8-5-7-12-10-11(2)6-4-9-14-11/h12H,3-10H2,1-2H3. The molecule has 1 saturated heterocycles. The van der Waals surface area contributed by atoms with Crippen molar-refractivity contribution >= 4 is 0 Å². The van der Waals surface area contributed by atoms with Crippen LogP contribution >= 0.6 is 0 Å². The first-order valence-corrected chi connectivity index (χ1v) is 5.69. The molecule has 0 aromatic heterocycles. The van der Waals surface area contributed by atoms with Crippen molar-refractivity contribution in [3.63, 3.8) is 0 Å². The van der Waals surface area contributed by atoms with E-state index >= 15 is 0 Å². The average Bonchev–Trinajstić information content (AvgIpc) is 2.59. The van der Waals surface area contributed by atoms with Crippen molar-refractivity contribution in [2.45, 2.75) is 38.7 Å². The molecule has 0 radical (unpaired) electrons. The molecule has 0 aromatic rings. The Morgan fingerprint density at radius 3 is 3.00 bits per heavy atom. The summed E-state index contributed by atoms with van der Waals surface area (Å²) in [5.74, 6) is 0. The lowest BCUT2D eigenvalue weighted by Gasteiger charge is -2.23. The summed E-state index contributed by atoms with van der Waals surface area (Å²) in [6.07, 6.45) is 3.48. The summed E-state index contributed by atoms with van der Waals surface area (Å²) >= 11 is 0. The minimum absolute atomic E-state index is 0.0889. The molecule has 1 aliphatic rings. The van der Waals surface area contributed by atoms with E-state index in [4.69, 9.17) is 9.47 Å². The average molecular weight is 201 g/mol. The van der Waals surface area contributed by atoms with Gasteiger partial charge in [0.1, 0.15) is 0 Å². The molecule has 1 heterocycles. The van der Waals surface area contributed by atoms with E-state index in [0.29, 0.717) is 0 Å². The van der Waals surface area contributed by atoms with Crippen molar-refractivity contribution in [2.75, 3.05) is 32.9 Å². The summed E-state index contributed by atoms with van der Waals surface area (Å²) in [6.45, 7) is 8.83. The lowest BCUT2D eigenvalue weighted by Crippen LogP contribution is -2.37. The van der Waals surface area contributed by atoms with Gasteiger partial charge in [-0.15, -0.1) is 0 Å². The van der Waals surface area contributed by atoms with Gasteiger partial charge in [-0.25, -0.2) is 0 Å². The highest BCUT2D eigenvalue weighted by Crippen LogP contribution is 2.23. The lowest BCUT2D eigenvalue weighted by molar-refractivity contribution is 0.0205. The van der Waals surface area contributed by atoms with E-state index in [9.17, 15) is 0 Å². The predicted molar refractivity (Wildman–Crippen MR) is 57.6 cm³/mol. The van der Waals surface area contributed by atoms with Crippen LogP contribution in [0.2, 0.25) is 0 Å². The van der Waals surface area contributed by atoms with Crippen LogP contribution in [0.4, 0.5) is 0 Å². The van der Waals surface area contributed by atoms with Gasteiger partial charge in [0.25, 0.3) is 0 Å². The lowest BCUT2D eigenvalue weighted by atomic mass is 10.0. The number of hydrogen-bond acceptors (Lipinski definition) is 3. The van der Waals surface area contributed by atoms with Gasteiger partial charge in [0, 0.05) is 26.4 Å². The molecular formula is C11H23NO2. The summed E-state index contributed by atoms with van der Waals surface area (Å²) in [4.78, 5) is 0. The molecule has 0 aliphatic carbocycles. The maximum absolute atomic E-state index is 5.67. The first kappa shape index (κ1) is 12.0.